The Hall–Kier alpha value is -0.0400. The number of hydrogen-bond acceptors (Lipinski definition) is 1. The summed E-state index contributed by atoms with van der Waals surface area (Å²) in [5, 5.41) is 0. The highest BCUT2D eigenvalue weighted by atomic mass is 14.8. The molecule has 2 N–H and O–H groups in total. The van der Waals surface area contributed by atoms with Crippen LogP contribution in [0.15, 0.2) is 0 Å². The summed E-state index contributed by atoms with van der Waals surface area (Å²) in [5.74, 6) is 3.12. The van der Waals surface area contributed by atoms with E-state index in [1.54, 1.807) is 0 Å². The van der Waals surface area contributed by atoms with Gasteiger partial charge in [0, 0.05) is 5.54 Å². The van der Waals surface area contributed by atoms with Gasteiger partial charge in [0.25, 0.3) is 0 Å². The Morgan fingerprint density at radius 1 is 1.00 bits per heavy atom. The Balaban J connectivity index is 1.94. The van der Waals surface area contributed by atoms with E-state index in [-0.39, 0.29) is 0 Å². The first-order chi connectivity index (χ1) is 5.27. The second kappa shape index (κ2) is 1.82. The van der Waals surface area contributed by atoms with Gasteiger partial charge in [-0.3, -0.25) is 0 Å². The minimum absolute atomic E-state index is 0.306. The maximum absolute atomic E-state index is 6.29. The van der Waals surface area contributed by atoms with Crippen molar-refractivity contribution in [3.63, 3.8) is 0 Å². The van der Waals surface area contributed by atoms with Crippen LogP contribution in [-0.2, 0) is 0 Å². The van der Waals surface area contributed by atoms with E-state index in [9.17, 15) is 0 Å². The lowest BCUT2D eigenvalue weighted by Gasteiger charge is -2.36. The molecule has 1 nitrogen and oxygen atoms in total. The van der Waals surface area contributed by atoms with Gasteiger partial charge < -0.3 is 5.73 Å². The van der Waals surface area contributed by atoms with E-state index in [4.69, 9.17) is 5.73 Å². The largest absolute Gasteiger partial charge is 0.325 e. The van der Waals surface area contributed by atoms with Crippen molar-refractivity contribution in [1.82, 2.24) is 0 Å². The van der Waals surface area contributed by atoms with E-state index >= 15 is 0 Å². The lowest BCUT2D eigenvalue weighted by molar-refractivity contribution is 0.156. The van der Waals surface area contributed by atoms with Crippen LogP contribution in [0.3, 0.4) is 0 Å². The molecule has 3 saturated carbocycles. The smallest absolute Gasteiger partial charge is 0.0162 e. The normalized spacial score (nSPS) is 60.3. The van der Waals surface area contributed by atoms with Gasteiger partial charge >= 0.3 is 0 Å². The molecule has 0 spiro atoms. The van der Waals surface area contributed by atoms with Gasteiger partial charge in [0.2, 0.25) is 0 Å². The molecule has 3 rings (SSSR count). The van der Waals surface area contributed by atoms with Crippen LogP contribution in [0, 0.1) is 17.8 Å². The van der Waals surface area contributed by atoms with Crippen molar-refractivity contribution in [3.8, 4) is 0 Å². The predicted octanol–water partition coefficient (Wildman–Crippen LogP) is 1.91. The third kappa shape index (κ3) is 0.752. The second-order valence-electron chi connectivity index (χ2n) is 5.09. The zero-order chi connectivity index (χ0) is 7.47. The molecule has 0 radical (unpaired) electrons. The summed E-state index contributed by atoms with van der Waals surface area (Å²) in [4.78, 5) is 0. The molecule has 0 amide bonds. The highest BCUT2D eigenvalue weighted by molar-refractivity contribution is 5.09. The lowest BCUT2D eigenvalue weighted by Crippen LogP contribution is -2.39. The van der Waals surface area contributed by atoms with E-state index < -0.39 is 0 Å². The van der Waals surface area contributed by atoms with Crippen LogP contribution >= 0.6 is 0 Å². The molecule has 0 aliphatic heterocycles. The van der Waals surface area contributed by atoms with Gasteiger partial charge in [0.1, 0.15) is 0 Å². The van der Waals surface area contributed by atoms with Gasteiger partial charge in [0.15, 0.2) is 0 Å². The molecule has 2 unspecified atom stereocenters. The fourth-order valence-corrected chi connectivity index (χ4v) is 4.06. The number of rotatable bonds is 0. The molecule has 2 bridgehead atoms. The van der Waals surface area contributed by atoms with Gasteiger partial charge in [-0.05, 0) is 37.0 Å². The van der Waals surface area contributed by atoms with E-state index in [0.717, 1.165) is 17.8 Å². The van der Waals surface area contributed by atoms with Crippen molar-refractivity contribution in [2.75, 3.05) is 0 Å². The van der Waals surface area contributed by atoms with Crippen LogP contribution < -0.4 is 5.73 Å². The molecule has 1 heteroatoms. The molecule has 3 aliphatic carbocycles. The first-order valence-electron chi connectivity index (χ1n) is 5.06. The maximum Gasteiger partial charge on any atom is 0.0162 e. The van der Waals surface area contributed by atoms with E-state index in [0.29, 0.717) is 5.54 Å². The number of fused-ring (bicyclic) bond motifs is 1. The summed E-state index contributed by atoms with van der Waals surface area (Å²) in [7, 11) is 0. The Kier molecular flexibility index (Phi) is 1.07. The third-order valence-electron chi connectivity index (χ3n) is 4.34. The molecule has 0 aromatic rings. The molecular formula is C10H17N. The Labute approximate surface area is 68.3 Å². The minimum atomic E-state index is 0.306. The first kappa shape index (κ1) is 6.47. The second-order valence-corrected chi connectivity index (χ2v) is 5.09. The molecular weight excluding hydrogens is 134 g/mol. The van der Waals surface area contributed by atoms with Crippen LogP contribution in [0.25, 0.3) is 0 Å². The third-order valence-corrected chi connectivity index (χ3v) is 4.34. The zero-order valence-electron chi connectivity index (χ0n) is 7.05. The van der Waals surface area contributed by atoms with Crippen molar-refractivity contribution in [2.45, 2.75) is 44.1 Å². The number of hydrogen-bond donors (Lipinski definition) is 1. The van der Waals surface area contributed by atoms with Crippen LogP contribution in [0.4, 0.5) is 0 Å². The highest BCUT2D eigenvalue weighted by Crippen LogP contribution is 2.58. The van der Waals surface area contributed by atoms with E-state index in [1.807, 2.05) is 0 Å². The van der Waals surface area contributed by atoms with Crippen molar-refractivity contribution in [1.29, 1.82) is 0 Å². The average Bonchev–Trinajstić information content (AvgIpc) is 2.37. The van der Waals surface area contributed by atoms with Crippen LogP contribution in [0.2, 0.25) is 0 Å². The molecule has 2 atom stereocenters. The van der Waals surface area contributed by atoms with Gasteiger partial charge in [-0.15, -0.1) is 0 Å². The maximum atomic E-state index is 6.29. The highest BCUT2D eigenvalue weighted by Gasteiger charge is 2.54. The van der Waals surface area contributed by atoms with Gasteiger partial charge in [-0.1, -0.05) is 19.3 Å². The molecule has 0 aromatic heterocycles. The fourth-order valence-electron chi connectivity index (χ4n) is 4.06. The van der Waals surface area contributed by atoms with E-state index in [1.165, 1.54) is 38.5 Å². The summed E-state index contributed by atoms with van der Waals surface area (Å²) >= 11 is 0. The molecule has 11 heavy (non-hydrogen) atoms. The topological polar surface area (TPSA) is 26.0 Å². The Morgan fingerprint density at radius 2 is 1.64 bits per heavy atom. The van der Waals surface area contributed by atoms with Gasteiger partial charge in [0.05, 0.1) is 0 Å². The average molecular weight is 151 g/mol. The van der Waals surface area contributed by atoms with Crippen LogP contribution in [0.5, 0.6) is 0 Å². The fraction of sp³-hybridized carbons (Fsp3) is 1.00. The molecule has 62 valence electrons. The standard InChI is InChI=1S/C10H17N/c11-10-4-7-2-1-3-8(5-10)9(7)6-10/h7-9H,1-6,11H2. The van der Waals surface area contributed by atoms with Crippen molar-refractivity contribution < 1.29 is 0 Å². The Morgan fingerprint density at radius 3 is 2.09 bits per heavy atom. The van der Waals surface area contributed by atoms with Crippen LogP contribution in [0.1, 0.15) is 38.5 Å². The summed E-state index contributed by atoms with van der Waals surface area (Å²) in [6, 6.07) is 0. The summed E-state index contributed by atoms with van der Waals surface area (Å²) in [6.07, 6.45) is 8.53. The summed E-state index contributed by atoms with van der Waals surface area (Å²) in [5.41, 5.74) is 6.60. The van der Waals surface area contributed by atoms with Gasteiger partial charge in [-0.25, -0.2) is 0 Å². The Bertz CT molecular complexity index is 168. The van der Waals surface area contributed by atoms with Crippen LogP contribution in [-0.4, -0.2) is 5.54 Å². The molecule has 0 heterocycles. The molecule has 3 fully saturated rings. The summed E-state index contributed by atoms with van der Waals surface area (Å²) < 4.78 is 0. The van der Waals surface area contributed by atoms with Crippen molar-refractivity contribution >= 4 is 0 Å². The monoisotopic (exact) mass is 151 g/mol. The quantitative estimate of drug-likeness (QED) is 0.562. The number of nitrogens with two attached hydrogens (primary N) is 1. The molecule has 3 aliphatic rings. The lowest BCUT2D eigenvalue weighted by atomic mass is 9.70. The van der Waals surface area contributed by atoms with Crippen molar-refractivity contribution in [2.24, 2.45) is 23.5 Å². The molecule has 0 saturated heterocycles. The predicted molar refractivity (Wildman–Crippen MR) is 45.1 cm³/mol. The van der Waals surface area contributed by atoms with Crippen molar-refractivity contribution in [3.05, 3.63) is 0 Å². The first-order valence-corrected chi connectivity index (χ1v) is 5.06. The minimum Gasteiger partial charge on any atom is -0.325 e. The van der Waals surface area contributed by atoms with Gasteiger partial charge in [-0.2, -0.15) is 0 Å². The molecule has 0 aromatic carbocycles. The van der Waals surface area contributed by atoms with E-state index in [2.05, 4.69) is 0 Å². The SMILES string of the molecule is NC12CC3CCCC(C1)C3C2. The summed E-state index contributed by atoms with van der Waals surface area (Å²) in [6.45, 7) is 0. The zero-order valence-corrected chi connectivity index (χ0v) is 7.05.